The number of hydrogen-bond donors (Lipinski definition) is 0. The second-order valence-corrected chi connectivity index (χ2v) is 3.66. The van der Waals surface area contributed by atoms with Gasteiger partial charge in [-0.05, 0) is 12.5 Å². The van der Waals surface area contributed by atoms with Gasteiger partial charge in [0.05, 0.1) is 13.5 Å². The summed E-state index contributed by atoms with van der Waals surface area (Å²) in [5.74, 6) is -0.379. The van der Waals surface area contributed by atoms with Gasteiger partial charge in [-0.15, -0.1) is 0 Å². The van der Waals surface area contributed by atoms with E-state index in [-0.39, 0.29) is 12.3 Å². The molecule has 1 atom stereocenters. The Hall–Kier alpha value is -1.42. The molecular weight excluding hydrogens is 209 g/mol. The monoisotopic (exact) mass is 225 g/mol. The molecule has 0 bridgehead atoms. The van der Waals surface area contributed by atoms with Crippen molar-refractivity contribution in [2.24, 2.45) is 0 Å². The summed E-state index contributed by atoms with van der Waals surface area (Å²) < 4.78 is 13.7. The molecule has 0 aliphatic carbocycles. The lowest BCUT2D eigenvalue weighted by atomic mass is 10.1. The Kier molecular flexibility index (Phi) is 4.43. The van der Waals surface area contributed by atoms with Gasteiger partial charge in [0.1, 0.15) is 6.17 Å². The van der Waals surface area contributed by atoms with Gasteiger partial charge in [-0.1, -0.05) is 29.8 Å². The van der Waals surface area contributed by atoms with Gasteiger partial charge in [0, 0.05) is 7.05 Å². The van der Waals surface area contributed by atoms with Crippen molar-refractivity contribution in [3.63, 3.8) is 0 Å². The molecule has 16 heavy (non-hydrogen) atoms. The molecule has 4 heteroatoms. The third-order valence-corrected chi connectivity index (χ3v) is 2.42. The lowest BCUT2D eigenvalue weighted by Crippen LogP contribution is -2.26. The summed E-state index contributed by atoms with van der Waals surface area (Å²) in [5, 5.41) is 1.03. The predicted molar refractivity (Wildman–Crippen MR) is 59.4 cm³/mol. The highest BCUT2D eigenvalue weighted by molar-refractivity contribution is 5.75. The largest absolute Gasteiger partial charge is 0.275 e. The molecule has 0 N–H and O–H groups in total. The molecule has 0 heterocycles. The SMILES string of the molecule is CON(C)C(=O)CC(F)c1ccc(C)cc1. The molecule has 0 aromatic heterocycles. The Morgan fingerprint density at radius 1 is 1.44 bits per heavy atom. The minimum absolute atomic E-state index is 0.201. The quantitative estimate of drug-likeness (QED) is 0.736. The van der Waals surface area contributed by atoms with E-state index in [9.17, 15) is 9.18 Å². The van der Waals surface area contributed by atoms with E-state index >= 15 is 0 Å². The first kappa shape index (κ1) is 12.6. The van der Waals surface area contributed by atoms with Gasteiger partial charge in [0.15, 0.2) is 0 Å². The van der Waals surface area contributed by atoms with E-state index in [0.29, 0.717) is 5.56 Å². The smallest absolute Gasteiger partial charge is 0.249 e. The number of nitrogens with zero attached hydrogens (tertiary/aromatic N) is 1. The maximum atomic E-state index is 13.7. The van der Waals surface area contributed by atoms with Gasteiger partial charge in [-0.25, -0.2) is 9.45 Å². The zero-order chi connectivity index (χ0) is 12.1. The molecule has 1 aromatic carbocycles. The molecule has 0 fully saturated rings. The average Bonchev–Trinajstić information content (AvgIpc) is 2.28. The Morgan fingerprint density at radius 2 is 2.00 bits per heavy atom. The fourth-order valence-electron chi connectivity index (χ4n) is 1.28. The van der Waals surface area contributed by atoms with Crippen molar-refractivity contribution in [1.82, 2.24) is 5.06 Å². The van der Waals surface area contributed by atoms with E-state index < -0.39 is 6.17 Å². The summed E-state index contributed by atoms with van der Waals surface area (Å²) in [5.41, 5.74) is 1.58. The molecule has 1 rings (SSSR count). The highest BCUT2D eigenvalue weighted by Crippen LogP contribution is 2.22. The summed E-state index contributed by atoms with van der Waals surface area (Å²) in [6, 6.07) is 7.04. The first-order valence-corrected chi connectivity index (χ1v) is 5.06. The normalized spacial score (nSPS) is 12.2. The van der Waals surface area contributed by atoms with Crippen LogP contribution >= 0.6 is 0 Å². The molecule has 0 radical (unpaired) electrons. The maximum absolute atomic E-state index is 13.7. The van der Waals surface area contributed by atoms with Crippen molar-refractivity contribution in [3.8, 4) is 0 Å². The van der Waals surface area contributed by atoms with Crippen LogP contribution in [0.2, 0.25) is 0 Å². The Balaban J connectivity index is 2.62. The van der Waals surface area contributed by atoms with Gasteiger partial charge in [-0.2, -0.15) is 0 Å². The van der Waals surface area contributed by atoms with E-state index in [0.717, 1.165) is 10.6 Å². The summed E-state index contributed by atoms with van der Waals surface area (Å²) in [7, 11) is 2.83. The number of carbonyl (C=O) groups excluding carboxylic acids is 1. The minimum Gasteiger partial charge on any atom is -0.275 e. The topological polar surface area (TPSA) is 29.5 Å². The zero-order valence-electron chi connectivity index (χ0n) is 9.74. The van der Waals surface area contributed by atoms with Crippen molar-refractivity contribution in [2.45, 2.75) is 19.5 Å². The van der Waals surface area contributed by atoms with Crippen LogP contribution in [0.25, 0.3) is 0 Å². The Morgan fingerprint density at radius 3 is 2.50 bits per heavy atom. The average molecular weight is 225 g/mol. The molecule has 0 spiro atoms. The molecule has 0 saturated carbocycles. The van der Waals surface area contributed by atoms with Crippen molar-refractivity contribution >= 4 is 5.91 Å². The van der Waals surface area contributed by atoms with Crippen LogP contribution in [-0.4, -0.2) is 25.1 Å². The maximum Gasteiger partial charge on any atom is 0.249 e. The van der Waals surface area contributed by atoms with E-state index in [1.807, 2.05) is 19.1 Å². The van der Waals surface area contributed by atoms with Gasteiger partial charge in [0.2, 0.25) is 5.91 Å². The lowest BCUT2D eigenvalue weighted by molar-refractivity contribution is -0.169. The molecule has 88 valence electrons. The number of amides is 1. The van der Waals surface area contributed by atoms with Crippen LogP contribution in [0, 0.1) is 6.92 Å². The summed E-state index contributed by atoms with van der Waals surface area (Å²) in [6.45, 7) is 1.93. The number of rotatable bonds is 4. The Bertz CT molecular complexity index is 351. The molecule has 1 amide bonds. The number of halogens is 1. The van der Waals surface area contributed by atoms with Gasteiger partial charge in [-0.3, -0.25) is 9.63 Å². The number of benzene rings is 1. The number of hydroxylamine groups is 2. The zero-order valence-corrected chi connectivity index (χ0v) is 9.74. The van der Waals surface area contributed by atoms with Gasteiger partial charge < -0.3 is 0 Å². The van der Waals surface area contributed by atoms with E-state index in [4.69, 9.17) is 0 Å². The van der Waals surface area contributed by atoms with Crippen LogP contribution in [0.5, 0.6) is 0 Å². The lowest BCUT2D eigenvalue weighted by Gasteiger charge is -2.15. The first-order chi connectivity index (χ1) is 7.54. The number of aryl methyl sites for hydroxylation is 1. The third-order valence-electron chi connectivity index (χ3n) is 2.42. The summed E-state index contributed by atoms with van der Waals surface area (Å²) in [4.78, 5) is 16.1. The molecule has 0 aliphatic rings. The molecule has 3 nitrogen and oxygen atoms in total. The standard InChI is InChI=1S/C12H16FNO2/c1-9-4-6-10(7-5-9)11(13)8-12(15)14(2)16-3/h4-7,11H,8H2,1-3H3. The van der Waals surface area contributed by atoms with Crippen molar-refractivity contribution in [1.29, 1.82) is 0 Å². The minimum atomic E-state index is -1.29. The fourth-order valence-corrected chi connectivity index (χ4v) is 1.28. The predicted octanol–water partition coefficient (Wildman–Crippen LogP) is 2.42. The molecular formula is C12H16FNO2. The van der Waals surface area contributed by atoms with Crippen molar-refractivity contribution in [2.75, 3.05) is 14.2 Å². The van der Waals surface area contributed by atoms with Gasteiger partial charge in [0.25, 0.3) is 0 Å². The number of carbonyl (C=O) groups is 1. The van der Waals surface area contributed by atoms with Crippen LogP contribution in [0.4, 0.5) is 4.39 Å². The van der Waals surface area contributed by atoms with Crippen LogP contribution in [0.3, 0.4) is 0 Å². The second-order valence-electron chi connectivity index (χ2n) is 3.66. The van der Waals surface area contributed by atoms with E-state index in [1.54, 1.807) is 12.1 Å². The van der Waals surface area contributed by atoms with Gasteiger partial charge >= 0.3 is 0 Å². The second kappa shape index (κ2) is 5.61. The van der Waals surface area contributed by atoms with Crippen LogP contribution in [-0.2, 0) is 9.63 Å². The van der Waals surface area contributed by atoms with Crippen molar-refractivity contribution < 1.29 is 14.0 Å². The van der Waals surface area contributed by atoms with Crippen LogP contribution < -0.4 is 0 Å². The van der Waals surface area contributed by atoms with E-state index in [1.165, 1.54) is 14.2 Å². The fraction of sp³-hybridized carbons (Fsp3) is 0.417. The molecule has 1 unspecified atom stereocenters. The number of hydrogen-bond acceptors (Lipinski definition) is 2. The van der Waals surface area contributed by atoms with Crippen LogP contribution in [0.1, 0.15) is 23.7 Å². The highest BCUT2D eigenvalue weighted by Gasteiger charge is 2.17. The van der Waals surface area contributed by atoms with Crippen molar-refractivity contribution in [3.05, 3.63) is 35.4 Å². The third kappa shape index (κ3) is 3.31. The molecule has 0 saturated heterocycles. The molecule has 1 aromatic rings. The summed E-state index contributed by atoms with van der Waals surface area (Å²) in [6.07, 6.45) is -1.49. The highest BCUT2D eigenvalue weighted by atomic mass is 19.1. The molecule has 0 aliphatic heterocycles. The van der Waals surface area contributed by atoms with Crippen LogP contribution in [0.15, 0.2) is 24.3 Å². The summed E-state index contributed by atoms with van der Waals surface area (Å²) >= 11 is 0. The number of alkyl halides is 1. The Labute approximate surface area is 94.8 Å². The first-order valence-electron chi connectivity index (χ1n) is 5.06. The van der Waals surface area contributed by atoms with E-state index in [2.05, 4.69) is 4.84 Å².